The van der Waals surface area contributed by atoms with Gasteiger partial charge in [-0.2, -0.15) is 0 Å². The number of hydrogen-bond donors (Lipinski definition) is 2. The highest BCUT2D eigenvalue weighted by Crippen LogP contribution is 2.32. The predicted octanol–water partition coefficient (Wildman–Crippen LogP) is 6.65. The highest BCUT2D eigenvalue weighted by Gasteiger charge is 2.17. The summed E-state index contributed by atoms with van der Waals surface area (Å²) < 4.78 is 8.85. The van der Waals surface area contributed by atoms with Crippen LogP contribution in [0.4, 0.5) is 0 Å². The second-order valence-corrected chi connectivity index (χ2v) is 8.30. The van der Waals surface area contributed by atoms with Gasteiger partial charge in [-0.3, -0.25) is 9.52 Å². The number of ether oxygens (including phenoxy) is 1. The van der Waals surface area contributed by atoms with Crippen molar-refractivity contribution in [2.45, 2.75) is 12.8 Å². The zero-order valence-corrected chi connectivity index (χ0v) is 18.6. The van der Waals surface area contributed by atoms with Crippen LogP contribution >= 0.6 is 35.1 Å². The molecular weight excluding hydrogens is 439 g/mol. The lowest BCUT2D eigenvalue weighted by molar-refractivity contribution is 0.0979. The normalized spacial score (nSPS) is 11.2. The Bertz CT molecular complexity index is 1220. The molecule has 0 saturated heterocycles. The average molecular weight is 459 g/mol. The number of aromatic amines is 1. The van der Waals surface area contributed by atoms with Gasteiger partial charge < -0.3 is 9.72 Å². The van der Waals surface area contributed by atoms with E-state index in [2.05, 4.69) is 9.71 Å². The molecule has 4 aromatic rings. The zero-order valence-electron chi connectivity index (χ0n) is 16.3. The van der Waals surface area contributed by atoms with Gasteiger partial charge in [0.25, 0.3) is 5.91 Å². The van der Waals surface area contributed by atoms with Gasteiger partial charge in [0.05, 0.1) is 6.61 Å². The molecule has 2 N–H and O–H groups in total. The molecule has 4 nitrogen and oxygen atoms in total. The number of carbonyl (C=O) groups is 1. The summed E-state index contributed by atoms with van der Waals surface area (Å²) in [5.41, 5.74) is 2.39. The molecule has 4 rings (SSSR count). The molecule has 0 unspecified atom stereocenters. The molecule has 1 aromatic heterocycles. The molecule has 0 radical (unpaired) electrons. The molecule has 0 saturated carbocycles. The van der Waals surface area contributed by atoms with Crippen molar-refractivity contribution in [3.05, 3.63) is 75.9 Å². The van der Waals surface area contributed by atoms with E-state index in [1.54, 1.807) is 0 Å². The minimum Gasteiger partial charge on any atom is -0.493 e. The number of nitrogens with one attached hydrogen (secondary N) is 2. The molecule has 30 heavy (non-hydrogen) atoms. The number of halogens is 2. The van der Waals surface area contributed by atoms with E-state index in [4.69, 9.17) is 27.9 Å². The van der Waals surface area contributed by atoms with Crippen LogP contribution in [-0.2, 0) is 6.42 Å². The van der Waals surface area contributed by atoms with Crippen LogP contribution in [0.5, 0.6) is 5.75 Å². The third-order valence-electron chi connectivity index (χ3n) is 4.95. The van der Waals surface area contributed by atoms with Crippen molar-refractivity contribution in [1.29, 1.82) is 0 Å². The maximum absolute atomic E-state index is 12.5. The highest BCUT2D eigenvalue weighted by atomic mass is 35.5. The van der Waals surface area contributed by atoms with Crippen LogP contribution < -0.4 is 9.46 Å². The lowest BCUT2D eigenvalue weighted by Gasteiger charge is -2.11. The first-order valence-corrected chi connectivity index (χ1v) is 11.5. The maximum atomic E-state index is 12.5. The fraction of sp³-hybridized carbons (Fsp3) is 0.174. The molecule has 0 aliphatic carbocycles. The number of carbonyl (C=O) groups excluding carboxylic acids is 1. The molecule has 1 amide bonds. The molecule has 7 heteroatoms. The van der Waals surface area contributed by atoms with Crippen LogP contribution in [0.15, 0.2) is 54.6 Å². The van der Waals surface area contributed by atoms with Gasteiger partial charge in [-0.05, 0) is 42.7 Å². The summed E-state index contributed by atoms with van der Waals surface area (Å²) in [6.45, 7) is 0.523. The van der Waals surface area contributed by atoms with Gasteiger partial charge in [-0.1, -0.05) is 65.5 Å². The number of aryl methyl sites for hydroxylation is 1. The topological polar surface area (TPSA) is 54.1 Å². The summed E-state index contributed by atoms with van der Waals surface area (Å²) in [4.78, 5) is 15.7. The zero-order chi connectivity index (χ0) is 21.1. The number of rotatable bonds is 7. The quantitative estimate of drug-likeness (QED) is 0.240. The molecule has 0 fully saturated rings. The summed E-state index contributed by atoms with van der Waals surface area (Å²) in [5.74, 6) is 0.662. The first-order valence-electron chi connectivity index (χ1n) is 9.52. The number of benzene rings is 3. The number of fused-ring (bicyclic) bond motifs is 2. The third-order valence-corrected chi connectivity index (χ3v) is 5.90. The van der Waals surface area contributed by atoms with Gasteiger partial charge >= 0.3 is 0 Å². The van der Waals surface area contributed by atoms with E-state index in [9.17, 15) is 4.79 Å². The first kappa shape index (κ1) is 20.9. The van der Waals surface area contributed by atoms with E-state index >= 15 is 0 Å². The van der Waals surface area contributed by atoms with E-state index in [1.165, 1.54) is 11.9 Å². The van der Waals surface area contributed by atoms with Crippen LogP contribution in [0.3, 0.4) is 0 Å². The molecule has 154 valence electrons. The van der Waals surface area contributed by atoms with E-state index in [0.717, 1.165) is 39.4 Å². The fourth-order valence-corrected chi connectivity index (χ4v) is 4.30. The Morgan fingerprint density at radius 2 is 1.87 bits per heavy atom. The molecule has 1 heterocycles. The molecule has 0 aliphatic rings. The van der Waals surface area contributed by atoms with E-state index in [0.29, 0.717) is 28.8 Å². The predicted molar refractivity (Wildman–Crippen MR) is 127 cm³/mol. The summed E-state index contributed by atoms with van der Waals surface area (Å²) in [5, 5.41) is 4.31. The second-order valence-electron chi connectivity index (χ2n) is 6.85. The standard InChI is InChI=1S/C23H20Cl2N2O2S/c1-30-27-23(28)22-18(16-9-8-14(24)13-20(16)26-22)7-4-12-29-21-11-10-19(25)15-5-2-3-6-17(15)21/h2-3,5-6,8-11,13,26H,4,7,12H2,1H3,(H,27,28). The summed E-state index contributed by atoms with van der Waals surface area (Å²) in [6, 6.07) is 17.3. The molecule has 0 atom stereocenters. The Morgan fingerprint density at radius 3 is 2.67 bits per heavy atom. The lowest BCUT2D eigenvalue weighted by Crippen LogP contribution is -2.17. The van der Waals surface area contributed by atoms with Crippen molar-refractivity contribution in [1.82, 2.24) is 9.71 Å². The Morgan fingerprint density at radius 1 is 1.07 bits per heavy atom. The maximum Gasteiger partial charge on any atom is 0.277 e. The van der Waals surface area contributed by atoms with Crippen molar-refractivity contribution in [3.63, 3.8) is 0 Å². The highest BCUT2D eigenvalue weighted by molar-refractivity contribution is 7.97. The molecule has 0 aliphatic heterocycles. The fourth-order valence-electron chi connectivity index (χ4n) is 3.62. The summed E-state index contributed by atoms with van der Waals surface area (Å²) in [7, 11) is 0. The Balaban J connectivity index is 1.52. The van der Waals surface area contributed by atoms with Crippen LogP contribution in [0, 0.1) is 0 Å². The Kier molecular flexibility index (Phi) is 6.42. The second kappa shape index (κ2) is 9.21. The number of aromatic nitrogens is 1. The first-order chi connectivity index (χ1) is 14.6. The van der Waals surface area contributed by atoms with Crippen LogP contribution in [-0.4, -0.2) is 23.8 Å². The number of hydrogen-bond acceptors (Lipinski definition) is 3. The molecule has 0 spiro atoms. The minimum atomic E-state index is -0.144. The summed E-state index contributed by atoms with van der Waals surface area (Å²) >= 11 is 13.7. The number of H-pyrrole nitrogens is 1. The van der Waals surface area contributed by atoms with Crippen LogP contribution in [0.2, 0.25) is 10.0 Å². The summed E-state index contributed by atoms with van der Waals surface area (Å²) in [6.07, 6.45) is 3.28. The van der Waals surface area contributed by atoms with E-state index in [-0.39, 0.29) is 5.91 Å². The SMILES string of the molecule is CSNC(=O)c1[nH]c2cc(Cl)ccc2c1CCCOc1ccc(Cl)c2ccccc12. The Labute approximate surface area is 189 Å². The van der Waals surface area contributed by atoms with Gasteiger partial charge in [0, 0.05) is 38.0 Å². The van der Waals surface area contributed by atoms with Crippen molar-refractivity contribution in [3.8, 4) is 5.75 Å². The van der Waals surface area contributed by atoms with Crippen LogP contribution in [0.1, 0.15) is 22.5 Å². The lowest BCUT2D eigenvalue weighted by atomic mass is 10.1. The van der Waals surface area contributed by atoms with Crippen LogP contribution in [0.25, 0.3) is 21.7 Å². The van der Waals surface area contributed by atoms with Gasteiger partial charge in [0.1, 0.15) is 11.4 Å². The monoisotopic (exact) mass is 458 g/mol. The van der Waals surface area contributed by atoms with E-state index < -0.39 is 0 Å². The minimum absolute atomic E-state index is 0.144. The van der Waals surface area contributed by atoms with Crippen molar-refractivity contribution < 1.29 is 9.53 Å². The van der Waals surface area contributed by atoms with Crippen molar-refractivity contribution >= 4 is 62.7 Å². The molecular formula is C23H20Cl2N2O2S. The Hall–Kier alpha value is -2.34. The van der Waals surface area contributed by atoms with E-state index in [1.807, 2.05) is 60.9 Å². The van der Waals surface area contributed by atoms with Crippen molar-refractivity contribution in [2.24, 2.45) is 0 Å². The largest absolute Gasteiger partial charge is 0.493 e. The van der Waals surface area contributed by atoms with Gasteiger partial charge in [-0.25, -0.2) is 0 Å². The smallest absolute Gasteiger partial charge is 0.277 e. The van der Waals surface area contributed by atoms with Gasteiger partial charge in [0.2, 0.25) is 0 Å². The van der Waals surface area contributed by atoms with Crippen molar-refractivity contribution in [2.75, 3.05) is 12.9 Å². The van der Waals surface area contributed by atoms with Gasteiger partial charge in [0.15, 0.2) is 0 Å². The van der Waals surface area contributed by atoms with Gasteiger partial charge in [-0.15, -0.1) is 0 Å². The molecule has 3 aromatic carbocycles. The molecule has 0 bridgehead atoms. The third kappa shape index (κ3) is 4.24. The average Bonchev–Trinajstić information content (AvgIpc) is 3.10. The number of amides is 1.